The maximum Gasteiger partial charge on any atom is 0.258 e. The molecular weight excluding hydrogens is 464 g/mol. The van der Waals surface area contributed by atoms with E-state index < -0.39 is 0 Å². The molecule has 0 unspecified atom stereocenters. The Morgan fingerprint density at radius 1 is 0.946 bits per heavy atom. The molecule has 0 saturated carbocycles. The molecule has 37 heavy (non-hydrogen) atoms. The van der Waals surface area contributed by atoms with Crippen LogP contribution in [0.4, 0.5) is 5.69 Å². The van der Waals surface area contributed by atoms with E-state index in [0.29, 0.717) is 37.4 Å². The molecule has 7 heteroatoms. The zero-order chi connectivity index (χ0) is 25.9. The van der Waals surface area contributed by atoms with E-state index in [4.69, 9.17) is 4.74 Å². The lowest BCUT2D eigenvalue weighted by Crippen LogP contribution is -2.34. The Labute approximate surface area is 219 Å². The minimum atomic E-state index is -0.144. The van der Waals surface area contributed by atoms with Gasteiger partial charge >= 0.3 is 0 Å². The van der Waals surface area contributed by atoms with E-state index in [1.807, 2.05) is 54.3 Å². The second-order valence-electron chi connectivity index (χ2n) is 9.24. The van der Waals surface area contributed by atoms with Crippen LogP contribution in [0.25, 0.3) is 0 Å². The summed E-state index contributed by atoms with van der Waals surface area (Å²) in [5, 5.41) is 6.52. The van der Waals surface area contributed by atoms with Gasteiger partial charge in [0.1, 0.15) is 5.75 Å². The van der Waals surface area contributed by atoms with E-state index in [2.05, 4.69) is 15.6 Å². The molecule has 2 N–H and O–H groups in total. The van der Waals surface area contributed by atoms with Crippen molar-refractivity contribution < 1.29 is 14.3 Å². The summed E-state index contributed by atoms with van der Waals surface area (Å²) in [5.74, 6) is 0.624. The fourth-order valence-corrected chi connectivity index (χ4v) is 4.54. The molecule has 4 rings (SSSR count). The summed E-state index contributed by atoms with van der Waals surface area (Å²) in [4.78, 5) is 32.5. The number of hydrogen-bond acceptors (Lipinski definition) is 5. The summed E-state index contributed by atoms with van der Waals surface area (Å²) in [5.41, 5.74) is 3.97. The van der Waals surface area contributed by atoms with Gasteiger partial charge in [-0.15, -0.1) is 0 Å². The first-order valence-corrected chi connectivity index (χ1v) is 13.2. The minimum Gasteiger partial charge on any atom is -0.494 e. The predicted octanol–water partition coefficient (Wildman–Crippen LogP) is 5.11. The highest BCUT2D eigenvalue weighted by Gasteiger charge is 2.21. The van der Waals surface area contributed by atoms with Crippen molar-refractivity contribution >= 4 is 17.5 Å². The number of nitrogens with zero attached hydrogens (tertiary/aromatic N) is 2. The number of hydrogen-bond donors (Lipinski definition) is 2. The van der Waals surface area contributed by atoms with Gasteiger partial charge in [-0.2, -0.15) is 0 Å². The van der Waals surface area contributed by atoms with Crippen molar-refractivity contribution in [3.05, 3.63) is 89.2 Å². The maximum absolute atomic E-state index is 13.5. The molecule has 2 heterocycles. The van der Waals surface area contributed by atoms with Gasteiger partial charge in [-0.3, -0.25) is 14.6 Å². The fraction of sp³-hybridized carbons (Fsp3) is 0.367. The van der Waals surface area contributed by atoms with Gasteiger partial charge in [-0.1, -0.05) is 31.4 Å². The number of fused-ring (bicyclic) bond motifs is 1. The standard InChI is InChI=1S/C30H36N4O3/c1-2-37-27-11-8-23(9-12-27)21-33-29(35)25-10-13-28-26(20-25)22-32-16-6-4-3-5-7-19-34(28)30(36)24-14-17-31-18-15-24/h8-15,17-18,20,32H,2-7,16,19,21-22H2,1H3,(H,33,35). The van der Waals surface area contributed by atoms with Gasteiger partial charge in [0, 0.05) is 48.8 Å². The number of aromatic nitrogens is 1. The Kier molecular flexibility index (Phi) is 9.66. The number of pyridine rings is 1. The van der Waals surface area contributed by atoms with Crippen LogP contribution in [-0.4, -0.2) is 36.5 Å². The lowest BCUT2D eigenvalue weighted by atomic mass is 10.0. The van der Waals surface area contributed by atoms with Crippen molar-refractivity contribution in [3.63, 3.8) is 0 Å². The Hall–Kier alpha value is -3.71. The first-order chi connectivity index (χ1) is 18.2. The molecule has 1 aliphatic heterocycles. The molecule has 1 aromatic heterocycles. The number of amides is 2. The predicted molar refractivity (Wildman–Crippen MR) is 146 cm³/mol. The zero-order valence-electron chi connectivity index (χ0n) is 21.5. The van der Waals surface area contributed by atoms with Gasteiger partial charge in [0.25, 0.3) is 11.8 Å². The third-order valence-corrected chi connectivity index (χ3v) is 6.54. The molecular formula is C30H36N4O3. The van der Waals surface area contributed by atoms with Crippen LogP contribution in [0.2, 0.25) is 0 Å². The van der Waals surface area contributed by atoms with Gasteiger partial charge in [0.15, 0.2) is 0 Å². The highest BCUT2D eigenvalue weighted by Crippen LogP contribution is 2.26. The average molecular weight is 501 g/mol. The SMILES string of the molecule is CCOc1ccc(CNC(=O)c2ccc3c(c2)CNCCCCCCCN3C(=O)c2ccncc2)cc1. The fourth-order valence-electron chi connectivity index (χ4n) is 4.54. The number of carbonyl (C=O) groups is 2. The third-order valence-electron chi connectivity index (χ3n) is 6.54. The van der Waals surface area contributed by atoms with E-state index in [1.54, 1.807) is 24.5 Å². The first kappa shape index (κ1) is 26.4. The topological polar surface area (TPSA) is 83.6 Å². The smallest absolute Gasteiger partial charge is 0.258 e. The first-order valence-electron chi connectivity index (χ1n) is 13.2. The van der Waals surface area contributed by atoms with E-state index in [9.17, 15) is 9.59 Å². The van der Waals surface area contributed by atoms with Crippen LogP contribution in [0.5, 0.6) is 5.75 Å². The van der Waals surface area contributed by atoms with Crippen molar-refractivity contribution in [2.45, 2.75) is 52.1 Å². The Morgan fingerprint density at radius 3 is 2.49 bits per heavy atom. The van der Waals surface area contributed by atoms with E-state index >= 15 is 0 Å². The lowest BCUT2D eigenvalue weighted by Gasteiger charge is -2.27. The van der Waals surface area contributed by atoms with E-state index in [1.165, 1.54) is 12.8 Å². The van der Waals surface area contributed by atoms with E-state index in [-0.39, 0.29) is 11.8 Å². The summed E-state index contributed by atoms with van der Waals surface area (Å²) in [6.45, 7) is 5.13. The molecule has 1 aliphatic rings. The van der Waals surface area contributed by atoms with Crippen LogP contribution in [0.1, 0.15) is 70.9 Å². The van der Waals surface area contributed by atoms with Crippen LogP contribution in [0, 0.1) is 0 Å². The van der Waals surface area contributed by atoms with Gasteiger partial charge in [0.2, 0.25) is 0 Å². The molecule has 0 radical (unpaired) electrons. The van der Waals surface area contributed by atoms with E-state index in [0.717, 1.165) is 48.4 Å². The van der Waals surface area contributed by atoms with Gasteiger partial charge in [-0.25, -0.2) is 0 Å². The molecule has 0 atom stereocenters. The molecule has 2 aromatic carbocycles. The quantitative estimate of drug-likeness (QED) is 0.491. The Balaban J connectivity index is 1.55. The molecule has 0 aliphatic carbocycles. The average Bonchev–Trinajstić information content (AvgIpc) is 2.93. The molecule has 194 valence electrons. The largest absolute Gasteiger partial charge is 0.494 e. The molecule has 0 spiro atoms. The number of rotatable bonds is 6. The lowest BCUT2D eigenvalue weighted by molar-refractivity contribution is 0.0949. The summed E-state index contributed by atoms with van der Waals surface area (Å²) >= 11 is 0. The summed E-state index contributed by atoms with van der Waals surface area (Å²) in [6.07, 6.45) is 8.77. The van der Waals surface area contributed by atoms with Crippen molar-refractivity contribution in [3.8, 4) is 5.75 Å². The van der Waals surface area contributed by atoms with Crippen LogP contribution in [-0.2, 0) is 13.1 Å². The zero-order valence-corrected chi connectivity index (χ0v) is 21.5. The summed E-state index contributed by atoms with van der Waals surface area (Å²) < 4.78 is 5.49. The number of anilines is 1. The highest BCUT2D eigenvalue weighted by atomic mass is 16.5. The molecule has 2 amide bonds. The Morgan fingerprint density at radius 2 is 1.70 bits per heavy atom. The number of carbonyl (C=O) groups excluding carboxylic acids is 2. The third kappa shape index (κ3) is 7.40. The molecule has 0 bridgehead atoms. The minimum absolute atomic E-state index is 0.0478. The maximum atomic E-state index is 13.5. The van der Waals surface area contributed by atoms with Crippen molar-refractivity contribution in [1.82, 2.24) is 15.6 Å². The second kappa shape index (κ2) is 13.6. The van der Waals surface area contributed by atoms with Crippen LogP contribution >= 0.6 is 0 Å². The van der Waals surface area contributed by atoms with Crippen molar-refractivity contribution in [2.24, 2.45) is 0 Å². The molecule has 3 aromatic rings. The molecule has 0 saturated heterocycles. The number of nitrogens with one attached hydrogen (secondary N) is 2. The summed E-state index contributed by atoms with van der Waals surface area (Å²) in [7, 11) is 0. The van der Waals surface area contributed by atoms with Crippen LogP contribution in [0.3, 0.4) is 0 Å². The highest BCUT2D eigenvalue weighted by molar-refractivity contribution is 6.06. The van der Waals surface area contributed by atoms with Crippen LogP contribution in [0.15, 0.2) is 67.0 Å². The summed E-state index contributed by atoms with van der Waals surface area (Å²) in [6, 6.07) is 16.9. The van der Waals surface area contributed by atoms with Crippen LogP contribution < -0.4 is 20.3 Å². The van der Waals surface area contributed by atoms with Gasteiger partial charge in [-0.05, 0) is 79.9 Å². The molecule has 7 nitrogen and oxygen atoms in total. The second-order valence-corrected chi connectivity index (χ2v) is 9.24. The monoisotopic (exact) mass is 500 g/mol. The normalized spacial score (nSPS) is 14.6. The van der Waals surface area contributed by atoms with Gasteiger partial charge in [0.05, 0.1) is 6.61 Å². The van der Waals surface area contributed by atoms with Gasteiger partial charge < -0.3 is 20.3 Å². The molecule has 0 fully saturated rings. The van der Waals surface area contributed by atoms with Crippen molar-refractivity contribution in [2.75, 3.05) is 24.6 Å². The number of ether oxygens (including phenoxy) is 1. The Bertz CT molecular complexity index is 1170. The van der Waals surface area contributed by atoms with Crippen molar-refractivity contribution in [1.29, 1.82) is 0 Å². The number of benzene rings is 2.